The number of aromatic nitrogens is 2. The predicted molar refractivity (Wildman–Crippen MR) is 65.0 cm³/mol. The second kappa shape index (κ2) is 5.21. The molecule has 0 radical (unpaired) electrons. The highest BCUT2D eigenvalue weighted by molar-refractivity contribution is 5.72. The molecule has 2 aromatic rings. The number of nitrogens with zero attached hydrogens (tertiary/aromatic N) is 2. The van der Waals surface area contributed by atoms with Crippen molar-refractivity contribution < 1.29 is 4.79 Å². The van der Waals surface area contributed by atoms with Crippen molar-refractivity contribution in [3.05, 3.63) is 48.4 Å². The fourth-order valence-electron chi connectivity index (χ4n) is 1.45. The highest BCUT2D eigenvalue weighted by Gasteiger charge is 1.99. The maximum Gasteiger partial charge on any atom is 0.217 e. The maximum atomic E-state index is 10.8. The van der Waals surface area contributed by atoms with Crippen molar-refractivity contribution in [1.29, 1.82) is 0 Å². The first-order valence-electron chi connectivity index (χ1n) is 5.35. The zero-order valence-electron chi connectivity index (χ0n) is 9.55. The zero-order chi connectivity index (χ0) is 12.1. The Bertz CT molecular complexity index is 494. The predicted octanol–water partition coefficient (Wildman–Crippen LogP) is 1.78. The van der Waals surface area contributed by atoms with Gasteiger partial charge in [-0.25, -0.2) is 0 Å². The standard InChI is InChI=1S/C13H13N3O/c1-10(17)15-8-11-2-3-13(16-9-11)12-4-6-14-7-5-12/h2-7,9H,8H2,1H3,(H,15,17). The van der Waals surface area contributed by atoms with E-state index in [4.69, 9.17) is 0 Å². The molecule has 0 fully saturated rings. The van der Waals surface area contributed by atoms with Crippen molar-refractivity contribution in [2.24, 2.45) is 0 Å². The maximum absolute atomic E-state index is 10.8. The van der Waals surface area contributed by atoms with Gasteiger partial charge < -0.3 is 5.32 Å². The summed E-state index contributed by atoms with van der Waals surface area (Å²) in [5.41, 5.74) is 2.92. The topological polar surface area (TPSA) is 54.9 Å². The quantitative estimate of drug-likeness (QED) is 0.869. The fraction of sp³-hybridized carbons (Fsp3) is 0.154. The van der Waals surface area contributed by atoms with Gasteiger partial charge in [-0.3, -0.25) is 14.8 Å². The Balaban J connectivity index is 2.11. The molecule has 0 aliphatic carbocycles. The molecule has 4 heteroatoms. The van der Waals surface area contributed by atoms with E-state index in [-0.39, 0.29) is 5.91 Å². The lowest BCUT2D eigenvalue weighted by Gasteiger charge is -2.04. The fourth-order valence-corrected chi connectivity index (χ4v) is 1.45. The van der Waals surface area contributed by atoms with Crippen molar-refractivity contribution in [1.82, 2.24) is 15.3 Å². The first-order valence-corrected chi connectivity index (χ1v) is 5.35. The van der Waals surface area contributed by atoms with E-state index in [9.17, 15) is 4.79 Å². The van der Waals surface area contributed by atoms with Crippen LogP contribution in [-0.4, -0.2) is 15.9 Å². The minimum absolute atomic E-state index is 0.0387. The van der Waals surface area contributed by atoms with E-state index < -0.39 is 0 Å². The summed E-state index contributed by atoms with van der Waals surface area (Å²) in [4.78, 5) is 19.1. The van der Waals surface area contributed by atoms with Crippen LogP contribution in [0.5, 0.6) is 0 Å². The Kier molecular flexibility index (Phi) is 3.45. The van der Waals surface area contributed by atoms with Crippen molar-refractivity contribution in [3.63, 3.8) is 0 Å². The van der Waals surface area contributed by atoms with Gasteiger partial charge in [0.1, 0.15) is 0 Å². The van der Waals surface area contributed by atoms with Gasteiger partial charge in [-0.2, -0.15) is 0 Å². The van der Waals surface area contributed by atoms with Crippen molar-refractivity contribution in [3.8, 4) is 11.3 Å². The summed E-state index contributed by atoms with van der Waals surface area (Å²) in [7, 11) is 0. The normalized spacial score (nSPS) is 9.94. The molecular weight excluding hydrogens is 214 g/mol. The summed E-state index contributed by atoms with van der Waals surface area (Å²) in [6.45, 7) is 2.01. The van der Waals surface area contributed by atoms with Gasteiger partial charge >= 0.3 is 0 Å². The summed E-state index contributed by atoms with van der Waals surface area (Å²) in [5, 5.41) is 2.73. The monoisotopic (exact) mass is 227 g/mol. The number of amides is 1. The van der Waals surface area contributed by atoms with Gasteiger partial charge in [-0.15, -0.1) is 0 Å². The molecule has 0 saturated heterocycles. The summed E-state index contributed by atoms with van der Waals surface area (Å²) >= 11 is 0. The number of hydrogen-bond donors (Lipinski definition) is 1. The highest BCUT2D eigenvalue weighted by Crippen LogP contribution is 2.15. The van der Waals surface area contributed by atoms with Crippen LogP contribution in [0.15, 0.2) is 42.9 Å². The lowest BCUT2D eigenvalue weighted by molar-refractivity contribution is -0.119. The van der Waals surface area contributed by atoms with Crippen LogP contribution in [-0.2, 0) is 11.3 Å². The van der Waals surface area contributed by atoms with Gasteiger partial charge in [0.25, 0.3) is 0 Å². The van der Waals surface area contributed by atoms with E-state index in [0.717, 1.165) is 16.8 Å². The van der Waals surface area contributed by atoms with Crippen LogP contribution < -0.4 is 5.32 Å². The molecule has 1 amide bonds. The third kappa shape index (κ3) is 3.11. The van der Waals surface area contributed by atoms with Crippen molar-refractivity contribution >= 4 is 5.91 Å². The zero-order valence-corrected chi connectivity index (χ0v) is 9.55. The molecule has 0 unspecified atom stereocenters. The van der Waals surface area contributed by atoms with Gasteiger partial charge in [0.2, 0.25) is 5.91 Å². The first kappa shape index (κ1) is 11.3. The molecule has 1 N–H and O–H groups in total. The Hall–Kier alpha value is -2.23. The molecule has 2 rings (SSSR count). The summed E-state index contributed by atoms with van der Waals surface area (Å²) in [5.74, 6) is -0.0387. The Morgan fingerprint density at radius 2 is 2.00 bits per heavy atom. The van der Waals surface area contributed by atoms with Crippen molar-refractivity contribution in [2.75, 3.05) is 0 Å². The number of carbonyl (C=O) groups excluding carboxylic acids is 1. The third-order valence-corrected chi connectivity index (χ3v) is 2.34. The second-order valence-corrected chi connectivity index (χ2v) is 3.70. The number of hydrogen-bond acceptors (Lipinski definition) is 3. The molecule has 0 spiro atoms. The SMILES string of the molecule is CC(=O)NCc1ccc(-c2ccncc2)nc1. The number of carbonyl (C=O) groups is 1. The molecule has 0 aliphatic heterocycles. The molecule has 0 aromatic carbocycles. The largest absolute Gasteiger partial charge is 0.352 e. The van der Waals surface area contributed by atoms with E-state index in [1.165, 1.54) is 6.92 Å². The molecule has 86 valence electrons. The average Bonchev–Trinajstić information content (AvgIpc) is 2.38. The minimum Gasteiger partial charge on any atom is -0.352 e. The van der Waals surface area contributed by atoms with E-state index in [2.05, 4.69) is 15.3 Å². The molecule has 17 heavy (non-hydrogen) atoms. The summed E-state index contributed by atoms with van der Waals surface area (Å²) < 4.78 is 0. The molecule has 2 aromatic heterocycles. The lowest BCUT2D eigenvalue weighted by Crippen LogP contribution is -2.18. The summed E-state index contributed by atoms with van der Waals surface area (Å²) in [6.07, 6.45) is 5.25. The van der Waals surface area contributed by atoms with Crippen LogP contribution in [0.3, 0.4) is 0 Å². The second-order valence-electron chi connectivity index (χ2n) is 3.70. The molecule has 0 aliphatic rings. The molecule has 4 nitrogen and oxygen atoms in total. The van der Waals surface area contributed by atoms with E-state index >= 15 is 0 Å². The third-order valence-electron chi connectivity index (χ3n) is 2.34. The van der Waals surface area contributed by atoms with Crippen molar-refractivity contribution in [2.45, 2.75) is 13.5 Å². The molecule has 0 atom stereocenters. The Morgan fingerprint density at radius 3 is 2.59 bits per heavy atom. The Morgan fingerprint density at radius 1 is 1.24 bits per heavy atom. The minimum atomic E-state index is -0.0387. The van der Waals surface area contributed by atoms with Crippen LogP contribution in [0, 0.1) is 0 Å². The number of nitrogens with one attached hydrogen (secondary N) is 1. The van der Waals surface area contributed by atoms with Gasteiger partial charge in [0, 0.05) is 37.6 Å². The van der Waals surface area contributed by atoms with Crippen LogP contribution in [0.25, 0.3) is 11.3 Å². The molecule has 0 bridgehead atoms. The van der Waals surface area contributed by atoms with Crippen LogP contribution in [0.4, 0.5) is 0 Å². The van der Waals surface area contributed by atoms with Gasteiger partial charge in [-0.1, -0.05) is 6.07 Å². The summed E-state index contributed by atoms with van der Waals surface area (Å²) in [6, 6.07) is 7.72. The highest BCUT2D eigenvalue weighted by atomic mass is 16.1. The van der Waals surface area contributed by atoms with E-state index in [1.807, 2.05) is 24.3 Å². The van der Waals surface area contributed by atoms with Gasteiger partial charge in [-0.05, 0) is 23.8 Å². The number of rotatable bonds is 3. The van der Waals surface area contributed by atoms with Crippen LogP contribution in [0.1, 0.15) is 12.5 Å². The van der Waals surface area contributed by atoms with Gasteiger partial charge in [0.15, 0.2) is 0 Å². The molecule has 2 heterocycles. The van der Waals surface area contributed by atoms with E-state index in [0.29, 0.717) is 6.54 Å². The van der Waals surface area contributed by atoms with E-state index in [1.54, 1.807) is 18.6 Å². The van der Waals surface area contributed by atoms with Crippen LogP contribution >= 0.6 is 0 Å². The average molecular weight is 227 g/mol. The first-order chi connectivity index (χ1) is 8.25. The lowest BCUT2D eigenvalue weighted by atomic mass is 10.1. The van der Waals surface area contributed by atoms with Crippen LogP contribution in [0.2, 0.25) is 0 Å². The molecular formula is C13H13N3O. The van der Waals surface area contributed by atoms with Gasteiger partial charge in [0.05, 0.1) is 5.69 Å². The smallest absolute Gasteiger partial charge is 0.217 e. The molecule has 0 saturated carbocycles. The Labute approximate surface area is 99.7 Å². The number of pyridine rings is 2.